The standard InChI is InChI=1S/C8H6N4O3/c9-2-4-3-10-12-5(8(14)15)1-6(13)11-7(4)12/h3,5H,1H2,(H,11,13)(H,14,15). The number of amides is 1. The largest absolute Gasteiger partial charge is 0.480 e. The number of nitrogens with one attached hydrogen (secondary N) is 1. The minimum absolute atomic E-state index is 0.154. The lowest BCUT2D eigenvalue weighted by Gasteiger charge is -2.21. The second kappa shape index (κ2) is 3.09. The van der Waals surface area contributed by atoms with Crippen LogP contribution in [0.25, 0.3) is 0 Å². The number of carboxylic acids is 1. The summed E-state index contributed by atoms with van der Waals surface area (Å²) in [5, 5.41) is 23.7. The third-order valence-electron chi connectivity index (χ3n) is 2.13. The molecule has 1 aromatic heterocycles. The molecule has 1 aromatic rings. The van der Waals surface area contributed by atoms with Crippen LogP contribution in [0.2, 0.25) is 0 Å². The Hall–Kier alpha value is -2.36. The van der Waals surface area contributed by atoms with E-state index in [1.807, 2.05) is 6.07 Å². The molecule has 0 bridgehead atoms. The number of aliphatic carboxylic acids is 1. The summed E-state index contributed by atoms with van der Waals surface area (Å²) in [6.45, 7) is 0. The Kier molecular flexibility index (Phi) is 1.90. The van der Waals surface area contributed by atoms with Gasteiger partial charge in [0.2, 0.25) is 5.91 Å². The van der Waals surface area contributed by atoms with E-state index in [9.17, 15) is 9.59 Å². The van der Waals surface area contributed by atoms with Gasteiger partial charge in [-0.3, -0.25) is 4.79 Å². The van der Waals surface area contributed by atoms with Crippen LogP contribution in [0.15, 0.2) is 6.20 Å². The number of carbonyl (C=O) groups excluding carboxylic acids is 1. The van der Waals surface area contributed by atoms with E-state index < -0.39 is 17.9 Å². The number of carboxylic acid groups (broad SMARTS) is 1. The molecule has 76 valence electrons. The highest BCUT2D eigenvalue weighted by molar-refractivity contribution is 5.96. The van der Waals surface area contributed by atoms with E-state index in [4.69, 9.17) is 10.4 Å². The van der Waals surface area contributed by atoms with Gasteiger partial charge < -0.3 is 10.4 Å². The molecule has 2 rings (SSSR count). The van der Waals surface area contributed by atoms with E-state index in [0.29, 0.717) is 0 Å². The topological polar surface area (TPSA) is 108 Å². The van der Waals surface area contributed by atoms with Crippen molar-refractivity contribution < 1.29 is 14.7 Å². The van der Waals surface area contributed by atoms with Crippen molar-refractivity contribution in [1.82, 2.24) is 9.78 Å². The molecule has 0 saturated carbocycles. The van der Waals surface area contributed by atoms with Gasteiger partial charge in [-0.2, -0.15) is 10.4 Å². The molecule has 1 aliphatic rings. The molecule has 1 atom stereocenters. The Labute approximate surface area is 83.9 Å². The molecule has 2 heterocycles. The Morgan fingerprint density at radius 2 is 2.53 bits per heavy atom. The van der Waals surface area contributed by atoms with Crippen LogP contribution >= 0.6 is 0 Å². The van der Waals surface area contributed by atoms with Crippen LogP contribution in [0, 0.1) is 11.3 Å². The van der Waals surface area contributed by atoms with Crippen LogP contribution in [0.1, 0.15) is 18.0 Å². The predicted molar refractivity (Wildman–Crippen MR) is 46.9 cm³/mol. The fraction of sp³-hybridized carbons (Fsp3) is 0.250. The van der Waals surface area contributed by atoms with Crippen LogP contribution in [-0.2, 0) is 9.59 Å². The Balaban J connectivity index is 2.53. The molecule has 0 spiro atoms. The molecule has 1 amide bonds. The summed E-state index contributed by atoms with van der Waals surface area (Å²) in [6.07, 6.45) is 1.06. The summed E-state index contributed by atoms with van der Waals surface area (Å²) in [4.78, 5) is 22.0. The van der Waals surface area contributed by atoms with Gasteiger partial charge in [0, 0.05) is 0 Å². The van der Waals surface area contributed by atoms with Crippen molar-refractivity contribution in [2.45, 2.75) is 12.5 Å². The van der Waals surface area contributed by atoms with Crippen LogP contribution in [-0.4, -0.2) is 26.8 Å². The van der Waals surface area contributed by atoms with Crippen LogP contribution in [0.3, 0.4) is 0 Å². The van der Waals surface area contributed by atoms with Crippen molar-refractivity contribution in [3.63, 3.8) is 0 Å². The van der Waals surface area contributed by atoms with Crippen molar-refractivity contribution in [2.24, 2.45) is 0 Å². The maximum atomic E-state index is 11.2. The first-order valence-corrected chi connectivity index (χ1v) is 4.13. The van der Waals surface area contributed by atoms with E-state index in [2.05, 4.69) is 10.4 Å². The lowest BCUT2D eigenvalue weighted by atomic mass is 10.1. The zero-order chi connectivity index (χ0) is 11.0. The first-order chi connectivity index (χ1) is 7.13. The SMILES string of the molecule is N#Cc1cnn2c1NC(=O)CC2C(=O)O. The van der Waals surface area contributed by atoms with Gasteiger partial charge in [-0.05, 0) is 0 Å². The molecule has 0 saturated heterocycles. The van der Waals surface area contributed by atoms with Gasteiger partial charge in [-0.15, -0.1) is 0 Å². The minimum Gasteiger partial charge on any atom is -0.480 e. The van der Waals surface area contributed by atoms with Gasteiger partial charge in [-0.25, -0.2) is 9.48 Å². The first-order valence-electron chi connectivity index (χ1n) is 4.13. The molecule has 15 heavy (non-hydrogen) atoms. The first kappa shape index (κ1) is 9.21. The number of hydrogen-bond donors (Lipinski definition) is 2. The van der Waals surface area contributed by atoms with Gasteiger partial charge in [0.25, 0.3) is 0 Å². The average Bonchev–Trinajstić information content (AvgIpc) is 2.58. The second-order valence-electron chi connectivity index (χ2n) is 3.07. The molecule has 1 unspecified atom stereocenters. The molecule has 7 nitrogen and oxygen atoms in total. The number of rotatable bonds is 1. The fourth-order valence-corrected chi connectivity index (χ4v) is 1.44. The number of carbonyl (C=O) groups is 2. The van der Waals surface area contributed by atoms with E-state index in [1.165, 1.54) is 6.20 Å². The number of fused-ring (bicyclic) bond motifs is 1. The highest BCUT2D eigenvalue weighted by Crippen LogP contribution is 2.26. The highest BCUT2D eigenvalue weighted by atomic mass is 16.4. The van der Waals surface area contributed by atoms with Crippen LogP contribution in [0.4, 0.5) is 5.82 Å². The molecule has 1 aliphatic heterocycles. The van der Waals surface area contributed by atoms with Crippen molar-refractivity contribution in [3.8, 4) is 6.07 Å². The van der Waals surface area contributed by atoms with E-state index in [-0.39, 0.29) is 17.8 Å². The van der Waals surface area contributed by atoms with E-state index in [0.717, 1.165) is 4.68 Å². The maximum absolute atomic E-state index is 11.2. The van der Waals surface area contributed by atoms with Crippen LogP contribution < -0.4 is 5.32 Å². The average molecular weight is 206 g/mol. The van der Waals surface area contributed by atoms with E-state index in [1.54, 1.807) is 0 Å². The zero-order valence-corrected chi connectivity index (χ0v) is 7.47. The number of nitriles is 1. The molecular weight excluding hydrogens is 200 g/mol. The summed E-state index contributed by atoms with van der Waals surface area (Å²) < 4.78 is 1.14. The van der Waals surface area contributed by atoms with Gasteiger partial charge in [-0.1, -0.05) is 0 Å². The monoisotopic (exact) mass is 206 g/mol. The minimum atomic E-state index is -1.14. The summed E-state index contributed by atoms with van der Waals surface area (Å²) >= 11 is 0. The highest BCUT2D eigenvalue weighted by Gasteiger charge is 2.32. The maximum Gasteiger partial charge on any atom is 0.329 e. The van der Waals surface area contributed by atoms with Crippen molar-refractivity contribution in [1.29, 1.82) is 5.26 Å². The van der Waals surface area contributed by atoms with Crippen molar-refractivity contribution in [3.05, 3.63) is 11.8 Å². The lowest BCUT2D eigenvalue weighted by molar-refractivity contribution is -0.143. The number of anilines is 1. The molecule has 7 heteroatoms. The van der Waals surface area contributed by atoms with Gasteiger partial charge in [0.1, 0.15) is 17.5 Å². The number of hydrogen-bond acceptors (Lipinski definition) is 4. The van der Waals surface area contributed by atoms with E-state index >= 15 is 0 Å². The lowest BCUT2D eigenvalue weighted by Crippen LogP contribution is -2.32. The zero-order valence-electron chi connectivity index (χ0n) is 7.47. The molecule has 0 aliphatic carbocycles. The Morgan fingerprint density at radius 3 is 3.13 bits per heavy atom. The summed E-state index contributed by atoms with van der Waals surface area (Å²) in [5.74, 6) is -1.41. The van der Waals surface area contributed by atoms with Crippen molar-refractivity contribution in [2.75, 3.05) is 5.32 Å². The summed E-state index contributed by atoms with van der Waals surface area (Å²) in [5.41, 5.74) is 0.161. The molecule has 0 fully saturated rings. The molecule has 0 aromatic carbocycles. The normalized spacial score (nSPS) is 18.9. The van der Waals surface area contributed by atoms with Crippen LogP contribution in [0.5, 0.6) is 0 Å². The van der Waals surface area contributed by atoms with Crippen molar-refractivity contribution >= 4 is 17.7 Å². The molecular formula is C8H6N4O3. The van der Waals surface area contributed by atoms with Gasteiger partial charge >= 0.3 is 5.97 Å². The Morgan fingerprint density at radius 1 is 1.80 bits per heavy atom. The van der Waals surface area contributed by atoms with Gasteiger partial charge in [0.15, 0.2) is 6.04 Å². The molecule has 0 radical (unpaired) electrons. The smallest absolute Gasteiger partial charge is 0.329 e. The number of aromatic nitrogens is 2. The summed E-state index contributed by atoms with van der Waals surface area (Å²) in [6, 6.07) is 0.793. The predicted octanol–water partition coefficient (Wildman–Crippen LogP) is -0.277. The Bertz CT molecular complexity index is 485. The third kappa shape index (κ3) is 1.32. The molecule has 2 N–H and O–H groups in total. The summed E-state index contributed by atoms with van der Waals surface area (Å²) in [7, 11) is 0. The second-order valence-corrected chi connectivity index (χ2v) is 3.07. The fourth-order valence-electron chi connectivity index (χ4n) is 1.44. The third-order valence-corrected chi connectivity index (χ3v) is 2.13. The quantitative estimate of drug-likeness (QED) is 0.657. The number of nitrogens with zero attached hydrogens (tertiary/aromatic N) is 3. The van der Waals surface area contributed by atoms with Gasteiger partial charge in [0.05, 0.1) is 12.6 Å².